The smallest absolute Gasteiger partial charge is 0.269 e. The standard InChI is InChI=1S/C19H14N4O4S/c24-23(25)14-8-10-15(11-9-14)28(26,27)21-17-6-2-1-5-16(17)18-13-22-12-4-3-7-19(22)20-18/h1-13,21H. The zero-order chi connectivity index (χ0) is 19.7. The summed E-state index contributed by atoms with van der Waals surface area (Å²) >= 11 is 0. The number of nitro groups is 1. The van der Waals surface area contributed by atoms with Gasteiger partial charge in [0, 0.05) is 30.1 Å². The number of para-hydroxylation sites is 1. The average molecular weight is 394 g/mol. The van der Waals surface area contributed by atoms with Gasteiger partial charge in [-0.3, -0.25) is 14.8 Å². The van der Waals surface area contributed by atoms with Gasteiger partial charge in [0.2, 0.25) is 0 Å². The van der Waals surface area contributed by atoms with Gasteiger partial charge in [0.15, 0.2) is 0 Å². The lowest BCUT2D eigenvalue weighted by Crippen LogP contribution is -2.13. The number of anilines is 1. The highest BCUT2D eigenvalue weighted by Gasteiger charge is 2.18. The van der Waals surface area contributed by atoms with Crippen molar-refractivity contribution in [2.24, 2.45) is 0 Å². The van der Waals surface area contributed by atoms with Crippen molar-refractivity contribution in [3.8, 4) is 11.3 Å². The van der Waals surface area contributed by atoms with E-state index in [9.17, 15) is 18.5 Å². The zero-order valence-corrected chi connectivity index (χ0v) is 15.2. The van der Waals surface area contributed by atoms with Crippen LogP contribution in [-0.4, -0.2) is 22.7 Å². The first-order valence-electron chi connectivity index (χ1n) is 8.24. The minimum atomic E-state index is -3.92. The molecule has 0 amide bonds. The fraction of sp³-hybridized carbons (Fsp3) is 0. The lowest BCUT2D eigenvalue weighted by molar-refractivity contribution is -0.384. The number of imidazole rings is 1. The maximum Gasteiger partial charge on any atom is 0.269 e. The number of benzene rings is 2. The molecule has 0 atom stereocenters. The molecule has 0 aliphatic rings. The molecule has 0 radical (unpaired) electrons. The third-order valence-electron chi connectivity index (χ3n) is 4.17. The molecule has 0 aliphatic heterocycles. The fourth-order valence-electron chi connectivity index (χ4n) is 2.81. The number of hydrogen-bond acceptors (Lipinski definition) is 5. The first kappa shape index (κ1) is 17.7. The number of pyridine rings is 1. The SMILES string of the molecule is O=[N+]([O-])c1ccc(S(=O)(=O)Nc2ccccc2-c2cn3ccccc3n2)cc1. The van der Waals surface area contributed by atoms with Crippen LogP contribution in [0.3, 0.4) is 0 Å². The van der Waals surface area contributed by atoms with Crippen molar-refractivity contribution in [2.75, 3.05) is 4.72 Å². The maximum atomic E-state index is 12.7. The van der Waals surface area contributed by atoms with Crippen LogP contribution < -0.4 is 4.72 Å². The highest BCUT2D eigenvalue weighted by molar-refractivity contribution is 7.92. The molecule has 0 spiro atoms. The molecular formula is C19H14N4O4S. The Morgan fingerprint density at radius 1 is 0.964 bits per heavy atom. The van der Waals surface area contributed by atoms with E-state index in [1.165, 1.54) is 12.1 Å². The molecule has 9 heteroatoms. The summed E-state index contributed by atoms with van der Waals surface area (Å²) in [6.45, 7) is 0. The van der Waals surface area contributed by atoms with E-state index in [4.69, 9.17) is 0 Å². The van der Waals surface area contributed by atoms with Gasteiger partial charge in [-0.15, -0.1) is 0 Å². The molecule has 28 heavy (non-hydrogen) atoms. The Labute approximate surface area is 160 Å². The molecule has 0 saturated carbocycles. The number of non-ortho nitro benzene ring substituents is 1. The molecule has 2 aromatic heterocycles. The lowest BCUT2D eigenvalue weighted by Gasteiger charge is -2.11. The summed E-state index contributed by atoms with van der Waals surface area (Å²) in [5, 5.41) is 10.8. The van der Waals surface area contributed by atoms with E-state index in [1.54, 1.807) is 24.3 Å². The van der Waals surface area contributed by atoms with E-state index < -0.39 is 14.9 Å². The van der Waals surface area contributed by atoms with Gasteiger partial charge in [0.1, 0.15) is 5.65 Å². The highest BCUT2D eigenvalue weighted by atomic mass is 32.2. The van der Waals surface area contributed by atoms with Crippen LogP contribution in [0.4, 0.5) is 11.4 Å². The van der Waals surface area contributed by atoms with Crippen LogP contribution in [0, 0.1) is 10.1 Å². The lowest BCUT2D eigenvalue weighted by atomic mass is 10.1. The van der Waals surface area contributed by atoms with Crippen molar-refractivity contribution in [3.63, 3.8) is 0 Å². The fourth-order valence-corrected chi connectivity index (χ4v) is 3.89. The number of aromatic nitrogens is 2. The second-order valence-corrected chi connectivity index (χ2v) is 7.68. The van der Waals surface area contributed by atoms with Gasteiger partial charge < -0.3 is 4.40 Å². The Hall–Kier alpha value is -3.72. The van der Waals surface area contributed by atoms with Gasteiger partial charge in [-0.25, -0.2) is 13.4 Å². The van der Waals surface area contributed by atoms with Gasteiger partial charge in [-0.05, 0) is 30.3 Å². The minimum absolute atomic E-state index is 0.0668. The predicted octanol–water partition coefficient (Wildman–Crippen LogP) is 3.71. The monoisotopic (exact) mass is 394 g/mol. The van der Waals surface area contributed by atoms with Crippen molar-refractivity contribution in [1.29, 1.82) is 0 Å². The van der Waals surface area contributed by atoms with Crippen LogP contribution in [-0.2, 0) is 10.0 Å². The summed E-state index contributed by atoms with van der Waals surface area (Å²) in [6, 6.07) is 17.2. The molecule has 140 valence electrons. The normalized spacial score (nSPS) is 11.4. The number of nitrogens with zero attached hydrogens (tertiary/aromatic N) is 3. The molecule has 0 unspecified atom stereocenters. The maximum absolute atomic E-state index is 12.7. The van der Waals surface area contributed by atoms with Crippen molar-refractivity contribution in [1.82, 2.24) is 9.38 Å². The molecule has 1 N–H and O–H groups in total. The van der Waals surface area contributed by atoms with E-state index in [1.807, 2.05) is 35.0 Å². The third kappa shape index (κ3) is 3.30. The number of sulfonamides is 1. The summed E-state index contributed by atoms with van der Waals surface area (Å²) < 4.78 is 29.9. The largest absolute Gasteiger partial charge is 0.306 e. The quantitative estimate of drug-likeness (QED) is 0.410. The van der Waals surface area contributed by atoms with E-state index in [0.717, 1.165) is 17.8 Å². The van der Waals surface area contributed by atoms with Gasteiger partial charge in [0.25, 0.3) is 15.7 Å². The molecule has 4 rings (SSSR count). The van der Waals surface area contributed by atoms with E-state index in [2.05, 4.69) is 9.71 Å². The topological polar surface area (TPSA) is 107 Å². The first-order chi connectivity index (χ1) is 13.4. The van der Waals surface area contributed by atoms with Crippen molar-refractivity contribution >= 4 is 27.0 Å². The van der Waals surface area contributed by atoms with Crippen LogP contribution in [0.25, 0.3) is 16.9 Å². The predicted molar refractivity (Wildman–Crippen MR) is 105 cm³/mol. The van der Waals surface area contributed by atoms with Gasteiger partial charge in [0.05, 0.1) is 21.2 Å². The molecule has 4 aromatic rings. The Morgan fingerprint density at radius 3 is 2.39 bits per heavy atom. The first-order valence-corrected chi connectivity index (χ1v) is 9.73. The number of nitro benzene ring substituents is 1. The number of rotatable bonds is 5. The van der Waals surface area contributed by atoms with Crippen molar-refractivity contribution in [2.45, 2.75) is 4.90 Å². The highest BCUT2D eigenvalue weighted by Crippen LogP contribution is 2.29. The summed E-state index contributed by atoms with van der Waals surface area (Å²) in [6.07, 6.45) is 3.67. The zero-order valence-electron chi connectivity index (χ0n) is 14.4. The Balaban J connectivity index is 1.71. The summed E-state index contributed by atoms with van der Waals surface area (Å²) in [5.41, 5.74) is 2.17. The van der Waals surface area contributed by atoms with Crippen LogP contribution in [0.2, 0.25) is 0 Å². The van der Waals surface area contributed by atoms with Crippen LogP contribution >= 0.6 is 0 Å². The van der Waals surface area contributed by atoms with Crippen LogP contribution in [0.1, 0.15) is 0 Å². The molecule has 0 bridgehead atoms. The van der Waals surface area contributed by atoms with Crippen LogP contribution in [0.5, 0.6) is 0 Å². The van der Waals surface area contributed by atoms with E-state index >= 15 is 0 Å². The van der Waals surface area contributed by atoms with Crippen molar-refractivity contribution < 1.29 is 13.3 Å². The third-order valence-corrected chi connectivity index (χ3v) is 5.55. The van der Waals surface area contributed by atoms with Gasteiger partial charge in [-0.1, -0.05) is 24.3 Å². The summed E-state index contributed by atoms with van der Waals surface area (Å²) in [4.78, 5) is 14.6. The Morgan fingerprint density at radius 2 is 1.68 bits per heavy atom. The van der Waals surface area contributed by atoms with E-state index in [0.29, 0.717) is 16.9 Å². The number of fused-ring (bicyclic) bond motifs is 1. The second kappa shape index (κ2) is 6.78. The number of hydrogen-bond donors (Lipinski definition) is 1. The Bertz CT molecular complexity index is 1250. The van der Waals surface area contributed by atoms with Crippen molar-refractivity contribution in [3.05, 3.63) is 89.2 Å². The van der Waals surface area contributed by atoms with Gasteiger partial charge in [-0.2, -0.15) is 0 Å². The van der Waals surface area contributed by atoms with Crippen LogP contribution in [0.15, 0.2) is 84.0 Å². The molecular weight excluding hydrogens is 380 g/mol. The molecule has 0 saturated heterocycles. The van der Waals surface area contributed by atoms with E-state index in [-0.39, 0.29) is 10.6 Å². The second-order valence-electron chi connectivity index (χ2n) is 5.99. The minimum Gasteiger partial charge on any atom is -0.306 e. The Kier molecular flexibility index (Phi) is 4.28. The average Bonchev–Trinajstić information content (AvgIpc) is 3.12. The molecule has 0 fully saturated rings. The molecule has 8 nitrogen and oxygen atoms in total. The molecule has 2 heterocycles. The molecule has 0 aliphatic carbocycles. The summed E-state index contributed by atoms with van der Waals surface area (Å²) in [5.74, 6) is 0. The summed E-state index contributed by atoms with van der Waals surface area (Å²) in [7, 11) is -3.92. The number of nitrogens with one attached hydrogen (secondary N) is 1. The van der Waals surface area contributed by atoms with Gasteiger partial charge >= 0.3 is 0 Å². The molecule has 2 aromatic carbocycles.